The molecule has 1 aliphatic rings. The van der Waals surface area contributed by atoms with Gasteiger partial charge in [-0.05, 0) is 25.5 Å². The van der Waals surface area contributed by atoms with Gasteiger partial charge in [-0.15, -0.1) is 0 Å². The van der Waals surface area contributed by atoms with Crippen molar-refractivity contribution < 1.29 is 9.18 Å². The molecule has 1 aromatic rings. The first-order chi connectivity index (χ1) is 8.49. The molecule has 1 amide bonds. The molecule has 1 fully saturated rings. The van der Waals surface area contributed by atoms with Crippen LogP contribution in [0.15, 0.2) is 18.2 Å². The standard InChI is InChI=1S/C13H16ClFN2O/c1-7(16)5-12(18)17-11-6-8(11)13-9(14)3-2-4-10(13)15/h2-4,7-8,11H,5-6,16H2,1H3,(H,17,18). The highest BCUT2D eigenvalue weighted by atomic mass is 35.5. The van der Waals surface area contributed by atoms with Gasteiger partial charge >= 0.3 is 0 Å². The maximum atomic E-state index is 13.6. The second-order valence-corrected chi connectivity index (χ2v) is 5.24. The third kappa shape index (κ3) is 3.00. The van der Waals surface area contributed by atoms with E-state index >= 15 is 0 Å². The largest absolute Gasteiger partial charge is 0.353 e. The summed E-state index contributed by atoms with van der Waals surface area (Å²) in [7, 11) is 0. The lowest BCUT2D eigenvalue weighted by atomic mass is 10.1. The molecule has 0 saturated heterocycles. The first-order valence-electron chi connectivity index (χ1n) is 5.98. The molecule has 0 spiro atoms. The molecular weight excluding hydrogens is 255 g/mol. The molecule has 2 rings (SSSR count). The topological polar surface area (TPSA) is 55.1 Å². The predicted octanol–water partition coefficient (Wildman–Crippen LogP) is 2.19. The number of carbonyl (C=O) groups is 1. The molecule has 0 aromatic heterocycles. The van der Waals surface area contributed by atoms with Crippen LogP contribution in [0.2, 0.25) is 5.02 Å². The molecule has 0 radical (unpaired) electrons. The van der Waals surface area contributed by atoms with Gasteiger partial charge in [-0.3, -0.25) is 4.79 Å². The van der Waals surface area contributed by atoms with Crippen molar-refractivity contribution in [1.29, 1.82) is 0 Å². The van der Waals surface area contributed by atoms with Gasteiger partial charge in [0, 0.05) is 35.0 Å². The van der Waals surface area contributed by atoms with Crippen molar-refractivity contribution in [1.82, 2.24) is 5.32 Å². The molecule has 0 aliphatic heterocycles. The van der Waals surface area contributed by atoms with Crippen LogP contribution in [0, 0.1) is 5.82 Å². The number of halogens is 2. The average Bonchev–Trinajstić information content (AvgIpc) is 2.95. The zero-order valence-corrected chi connectivity index (χ0v) is 10.9. The van der Waals surface area contributed by atoms with E-state index in [0.717, 1.165) is 6.42 Å². The van der Waals surface area contributed by atoms with Crippen molar-refractivity contribution in [3.8, 4) is 0 Å². The highest BCUT2D eigenvalue weighted by Gasteiger charge is 2.42. The first kappa shape index (κ1) is 13.3. The Kier molecular flexibility index (Phi) is 3.88. The van der Waals surface area contributed by atoms with E-state index in [2.05, 4.69) is 5.32 Å². The van der Waals surface area contributed by atoms with Crippen molar-refractivity contribution in [3.05, 3.63) is 34.6 Å². The number of rotatable bonds is 4. The summed E-state index contributed by atoms with van der Waals surface area (Å²) >= 11 is 5.98. The lowest BCUT2D eigenvalue weighted by Crippen LogP contribution is -2.31. The second kappa shape index (κ2) is 5.24. The van der Waals surface area contributed by atoms with E-state index in [1.807, 2.05) is 0 Å². The van der Waals surface area contributed by atoms with Crippen molar-refractivity contribution in [2.75, 3.05) is 0 Å². The van der Waals surface area contributed by atoms with E-state index < -0.39 is 0 Å². The van der Waals surface area contributed by atoms with Crippen LogP contribution in [0.4, 0.5) is 4.39 Å². The van der Waals surface area contributed by atoms with E-state index in [0.29, 0.717) is 10.6 Å². The molecule has 0 heterocycles. The minimum Gasteiger partial charge on any atom is -0.353 e. The Bertz CT molecular complexity index is 444. The van der Waals surface area contributed by atoms with Gasteiger partial charge in [0.25, 0.3) is 0 Å². The van der Waals surface area contributed by atoms with Gasteiger partial charge in [0.05, 0.1) is 0 Å². The van der Waals surface area contributed by atoms with Crippen LogP contribution in [-0.2, 0) is 4.79 Å². The maximum Gasteiger partial charge on any atom is 0.221 e. The van der Waals surface area contributed by atoms with Crippen LogP contribution < -0.4 is 11.1 Å². The molecule has 3 N–H and O–H groups in total. The van der Waals surface area contributed by atoms with Crippen LogP contribution in [-0.4, -0.2) is 18.0 Å². The molecule has 1 aliphatic carbocycles. The summed E-state index contributed by atoms with van der Waals surface area (Å²) in [5.74, 6) is -0.419. The Balaban J connectivity index is 1.97. The molecule has 1 saturated carbocycles. The smallest absolute Gasteiger partial charge is 0.221 e. The van der Waals surface area contributed by atoms with Crippen molar-refractivity contribution in [2.45, 2.75) is 37.8 Å². The molecular formula is C13H16ClFN2O. The number of carbonyl (C=O) groups excluding carboxylic acids is 1. The van der Waals surface area contributed by atoms with Gasteiger partial charge in [0.1, 0.15) is 5.82 Å². The van der Waals surface area contributed by atoms with Crippen LogP contribution in [0.1, 0.15) is 31.2 Å². The minimum atomic E-state index is -0.309. The van der Waals surface area contributed by atoms with E-state index in [9.17, 15) is 9.18 Å². The predicted molar refractivity (Wildman–Crippen MR) is 69.0 cm³/mol. The highest BCUT2D eigenvalue weighted by molar-refractivity contribution is 6.31. The molecule has 3 atom stereocenters. The van der Waals surface area contributed by atoms with E-state index in [-0.39, 0.29) is 36.1 Å². The summed E-state index contributed by atoms with van der Waals surface area (Å²) in [5.41, 5.74) is 6.05. The van der Waals surface area contributed by atoms with Gasteiger partial charge in [0.2, 0.25) is 5.91 Å². The van der Waals surface area contributed by atoms with Crippen LogP contribution in [0.5, 0.6) is 0 Å². The zero-order valence-electron chi connectivity index (χ0n) is 10.1. The third-order valence-electron chi connectivity index (χ3n) is 3.01. The third-order valence-corrected chi connectivity index (χ3v) is 3.34. The molecule has 1 aromatic carbocycles. The van der Waals surface area contributed by atoms with Crippen molar-refractivity contribution >= 4 is 17.5 Å². The fourth-order valence-corrected chi connectivity index (χ4v) is 2.40. The summed E-state index contributed by atoms with van der Waals surface area (Å²) in [4.78, 5) is 11.5. The van der Waals surface area contributed by atoms with E-state index in [4.69, 9.17) is 17.3 Å². The Morgan fingerprint density at radius 2 is 2.39 bits per heavy atom. The quantitative estimate of drug-likeness (QED) is 0.881. The number of nitrogens with two attached hydrogens (primary N) is 1. The molecule has 98 valence electrons. The number of hydrogen-bond donors (Lipinski definition) is 2. The van der Waals surface area contributed by atoms with Crippen LogP contribution in [0.3, 0.4) is 0 Å². The van der Waals surface area contributed by atoms with E-state index in [1.54, 1.807) is 19.1 Å². The molecule has 3 unspecified atom stereocenters. The Hall–Kier alpha value is -1.13. The van der Waals surface area contributed by atoms with Crippen molar-refractivity contribution in [2.24, 2.45) is 5.73 Å². The lowest BCUT2D eigenvalue weighted by molar-refractivity contribution is -0.121. The van der Waals surface area contributed by atoms with Crippen molar-refractivity contribution in [3.63, 3.8) is 0 Å². The Labute approximate surface area is 111 Å². The SMILES string of the molecule is CC(N)CC(=O)NC1CC1c1c(F)cccc1Cl. The lowest BCUT2D eigenvalue weighted by Gasteiger charge is -2.08. The zero-order chi connectivity index (χ0) is 13.3. The minimum absolute atomic E-state index is 0.0178. The molecule has 0 bridgehead atoms. The number of hydrogen-bond acceptors (Lipinski definition) is 2. The summed E-state index contributed by atoms with van der Waals surface area (Å²) in [6.07, 6.45) is 1.01. The number of amides is 1. The Morgan fingerprint density at radius 3 is 3.00 bits per heavy atom. The molecule has 3 nitrogen and oxygen atoms in total. The summed E-state index contributed by atoms with van der Waals surface area (Å²) < 4.78 is 13.6. The fraction of sp³-hybridized carbons (Fsp3) is 0.462. The van der Waals surface area contributed by atoms with E-state index in [1.165, 1.54) is 6.07 Å². The van der Waals surface area contributed by atoms with Gasteiger partial charge in [-0.2, -0.15) is 0 Å². The van der Waals surface area contributed by atoms with Gasteiger partial charge < -0.3 is 11.1 Å². The number of nitrogens with one attached hydrogen (secondary N) is 1. The van der Waals surface area contributed by atoms with Gasteiger partial charge in [-0.1, -0.05) is 17.7 Å². The molecule has 5 heteroatoms. The summed E-state index contributed by atoms with van der Waals surface area (Å²) in [6, 6.07) is 4.44. The monoisotopic (exact) mass is 270 g/mol. The van der Waals surface area contributed by atoms with Crippen LogP contribution >= 0.6 is 11.6 Å². The first-order valence-corrected chi connectivity index (χ1v) is 6.35. The summed E-state index contributed by atoms with van der Waals surface area (Å²) in [5, 5.41) is 3.26. The normalized spacial score (nSPS) is 23.6. The Morgan fingerprint density at radius 1 is 1.67 bits per heavy atom. The second-order valence-electron chi connectivity index (χ2n) is 4.83. The number of benzene rings is 1. The fourth-order valence-electron chi connectivity index (χ4n) is 2.10. The van der Waals surface area contributed by atoms with Gasteiger partial charge in [-0.25, -0.2) is 4.39 Å². The van der Waals surface area contributed by atoms with Gasteiger partial charge in [0.15, 0.2) is 0 Å². The summed E-state index contributed by atoms with van der Waals surface area (Å²) in [6.45, 7) is 1.78. The van der Waals surface area contributed by atoms with Crippen LogP contribution in [0.25, 0.3) is 0 Å². The highest BCUT2D eigenvalue weighted by Crippen LogP contribution is 2.44. The molecule has 18 heavy (non-hydrogen) atoms. The maximum absolute atomic E-state index is 13.6. The average molecular weight is 271 g/mol.